The molecule has 212 valence electrons. The van der Waals surface area contributed by atoms with E-state index in [4.69, 9.17) is 24.7 Å². The molecule has 0 unspecified atom stereocenters. The number of rotatable bonds is 11. The van der Waals surface area contributed by atoms with Gasteiger partial charge in [-0.3, -0.25) is 0 Å². The van der Waals surface area contributed by atoms with Gasteiger partial charge in [-0.05, 0) is 16.7 Å². The maximum absolute atomic E-state index is 9.88. The van der Waals surface area contributed by atoms with Crippen molar-refractivity contribution >= 4 is 16.9 Å². The molecule has 2 N–H and O–H groups in total. The lowest BCUT2D eigenvalue weighted by atomic mass is 10.1. The minimum Gasteiger partial charge on any atom is -0.383 e. The van der Waals surface area contributed by atoms with Crippen molar-refractivity contribution in [3.05, 3.63) is 126 Å². The number of benzene rings is 3. The van der Waals surface area contributed by atoms with Crippen LogP contribution < -0.4 is 5.73 Å². The zero-order chi connectivity index (χ0) is 28.7. The molecular weight excluding hydrogens is 530 g/mol. The van der Waals surface area contributed by atoms with Crippen LogP contribution in [0.3, 0.4) is 0 Å². The van der Waals surface area contributed by atoms with E-state index in [1.54, 1.807) is 10.8 Å². The maximum Gasteiger partial charge on any atom is 0.164 e. The molecular formula is C33H31N5O4. The van der Waals surface area contributed by atoms with Gasteiger partial charge in [0.15, 0.2) is 6.23 Å². The average Bonchev–Trinajstić information content (AvgIpc) is 3.59. The molecule has 2 aromatic heterocycles. The first-order valence-corrected chi connectivity index (χ1v) is 13.8. The zero-order valence-corrected chi connectivity index (χ0v) is 23.0. The molecule has 42 heavy (non-hydrogen) atoms. The minimum absolute atomic E-state index is 0.231. The van der Waals surface area contributed by atoms with Crippen molar-refractivity contribution in [1.29, 1.82) is 5.26 Å². The van der Waals surface area contributed by atoms with E-state index >= 15 is 0 Å². The van der Waals surface area contributed by atoms with Gasteiger partial charge in [0.25, 0.3) is 0 Å². The first kappa shape index (κ1) is 27.6. The van der Waals surface area contributed by atoms with E-state index in [0.717, 1.165) is 16.7 Å². The van der Waals surface area contributed by atoms with E-state index in [9.17, 15) is 5.26 Å². The molecule has 0 aliphatic carbocycles. The van der Waals surface area contributed by atoms with E-state index in [1.807, 2.05) is 91.0 Å². The number of nitrogen functional groups attached to an aromatic ring is 1. The van der Waals surface area contributed by atoms with E-state index < -0.39 is 24.5 Å². The predicted molar refractivity (Wildman–Crippen MR) is 157 cm³/mol. The first-order valence-electron chi connectivity index (χ1n) is 13.8. The van der Waals surface area contributed by atoms with E-state index in [-0.39, 0.29) is 12.4 Å². The van der Waals surface area contributed by atoms with Gasteiger partial charge in [0.05, 0.1) is 37.4 Å². The molecule has 1 saturated heterocycles. The minimum atomic E-state index is -0.668. The number of hydrogen-bond donors (Lipinski definition) is 1. The molecule has 9 heteroatoms. The Kier molecular flexibility index (Phi) is 8.49. The number of hydrogen-bond acceptors (Lipinski definition) is 8. The summed E-state index contributed by atoms with van der Waals surface area (Å²) in [5.74, 6) is 0.231. The van der Waals surface area contributed by atoms with Crippen LogP contribution in [0, 0.1) is 11.3 Å². The topological polar surface area (TPSA) is 117 Å². The highest BCUT2D eigenvalue weighted by Gasteiger charge is 2.48. The van der Waals surface area contributed by atoms with E-state index in [2.05, 4.69) is 16.0 Å². The maximum atomic E-state index is 9.88. The third-order valence-electron chi connectivity index (χ3n) is 7.28. The molecule has 0 saturated carbocycles. The van der Waals surface area contributed by atoms with Gasteiger partial charge in [-0.25, -0.2) is 9.97 Å². The van der Waals surface area contributed by atoms with Crippen LogP contribution in [0.4, 0.5) is 5.82 Å². The highest BCUT2D eigenvalue weighted by molar-refractivity contribution is 5.92. The van der Waals surface area contributed by atoms with Gasteiger partial charge < -0.3 is 29.2 Å². The summed E-state index contributed by atoms with van der Waals surface area (Å²) in [6, 6.07) is 32.1. The Balaban J connectivity index is 1.34. The summed E-state index contributed by atoms with van der Waals surface area (Å²) in [5, 5.41) is 10.4. The summed E-state index contributed by atoms with van der Waals surface area (Å²) in [4.78, 5) is 8.57. The number of nitriles is 1. The second kappa shape index (κ2) is 12.9. The van der Waals surface area contributed by atoms with Crippen LogP contribution in [0.25, 0.3) is 11.0 Å². The monoisotopic (exact) mass is 561 g/mol. The smallest absolute Gasteiger partial charge is 0.164 e. The SMILES string of the molecule is N#Cc1cn([C@@H]2O[C@H](COCc3ccccc3)[C@H](OCc3ccccc3)[C@H]2OCc2ccccc2)c2ncnc(N)c12. The Morgan fingerprint density at radius 3 is 1.95 bits per heavy atom. The van der Waals surface area contributed by atoms with Gasteiger partial charge in [-0.1, -0.05) is 91.0 Å². The van der Waals surface area contributed by atoms with Crippen LogP contribution >= 0.6 is 0 Å². The van der Waals surface area contributed by atoms with Crippen LogP contribution in [-0.2, 0) is 38.8 Å². The fraction of sp³-hybridized carbons (Fsp3) is 0.242. The van der Waals surface area contributed by atoms with Crippen LogP contribution in [0.1, 0.15) is 28.5 Å². The lowest BCUT2D eigenvalue weighted by molar-refractivity contribution is -0.0913. The van der Waals surface area contributed by atoms with Crippen LogP contribution in [0.5, 0.6) is 0 Å². The van der Waals surface area contributed by atoms with Crippen molar-refractivity contribution in [3.63, 3.8) is 0 Å². The first-order chi connectivity index (χ1) is 20.7. The number of fused-ring (bicyclic) bond motifs is 1. The summed E-state index contributed by atoms with van der Waals surface area (Å²) in [7, 11) is 0. The Morgan fingerprint density at radius 1 is 0.786 bits per heavy atom. The van der Waals surface area contributed by atoms with Crippen molar-refractivity contribution in [2.45, 2.75) is 44.4 Å². The van der Waals surface area contributed by atoms with Crippen LogP contribution in [0.15, 0.2) is 104 Å². The van der Waals surface area contributed by atoms with Gasteiger partial charge in [0.2, 0.25) is 0 Å². The number of aromatic nitrogens is 3. The summed E-state index contributed by atoms with van der Waals surface area (Å²) < 4.78 is 27.8. The lowest BCUT2D eigenvalue weighted by Gasteiger charge is -2.25. The van der Waals surface area contributed by atoms with E-state index in [0.29, 0.717) is 36.4 Å². The Hall–Kier alpha value is -4.59. The number of nitrogens with zero attached hydrogens (tertiary/aromatic N) is 4. The van der Waals surface area contributed by atoms with Crippen molar-refractivity contribution in [2.24, 2.45) is 0 Å². The highest BCUT2D eigenvalue weighted by Crippen LogP contribution is 2.38. The number of nitrogens with two attached hydrogens (primary N) is 1. The second-order valence-electron chi connectivity index (χ2n) is 10.1. The summed E-state index contributed by atoms with van der Waals surface area (Å²) in [5.41, 5.74) is 10.1. The molecule has 1 aliphatic rings. The Labute approximate surface area is 244 Å². The molecule has 9 nitrogen and oxygen atoms in total. The van der Waals surface area contributed by atoms with Gasteiger partial charge in [-0.2, -0.15) is 5.26 Å². The molecule has 5 aromatic rings. The standard InChI is InChI=1S/C33H31N5O4/c34-16-26-17-38(32-28(26)31(35)36-22-37-32)33-30(41-20-25-14-8-3-9-15-25)29(40-19-24-12-6-2-7-13-24)27(42-33)21-39-18-23-10-4-1-5-11-23/h1-15,17,22,27,29-30,33H,18-21H2,(H2,35,36,37)/t27-,29+,30-,33-/m1/s1. The van der Waals surface area contributed by atoms with Crippen molar-refractivity contribution in [3.8, 4) is 6.07 Å². The Morgan fingerprint density at radius 2 is 1.36 bits per heavy atom. The summed E-state index contributed by atoms with van der Waals surface area (Å²) >= 11 is 0. The fourth-order valence-electron chi connectivity index (χ4n) is 5.23. The largest absolute Gasteiger partial charge is 0.383 e. The third-order valence-corrected chi connectivity index (χ3v) is 7.28. The van der Waals surface area contributed by atoms with Gasteiger partial charge in [0, 0.05) is 6.20 Å². The van der Waals surface area contributed by atoms with Gasteiger partial charge in [0.1, 0.15) is 42.2 Å². The zero-order valence-electron chi connectivity index (χ0n) is 23.0. The molecule has 1 fully saturated rings. The van der Waals surface area contributed by atoms with Gasteiger partial charge in [-0.15, -0.1) is 0 Å². The summed E-state index contributed by atoms with van der Waals surface area (Å²) in [6.07, 6.45) is 0.896. The Bertz CT molecular complexity index is 1640. The molecule has 0 spiro atoms. The van der Waals surface area contributed by atoms with Crippen LogP contribution in [0.2, 0.25) is 0 Å². The normalized spacial score (nSPS) is 20.1. The highest BCUT2D eigenvalue weighted by atomic mass is 16.6. The lowest BCUT2D eigenvalue weighted by Crippen LogP contribution is -2.38. The third kappa shape index (κ3) is 6.03. The molecule has 1 aliphatic heterocycles. The molecule has 0 amide bonds. The molecule has 3 heterocycles. The molecule has 0 bridgehead atoms. The number of ether oxygens (including phenoxy) is 4. The molecule has 0 radical (unpaired) electrons. The molecule has 3 aromatic carbocycles. The quantitative estimate of drug-likeness (QED) is 0.235. The van der Waals surface area contributed by atoms with Crippen molar-refractivity contribution in [1.82, 2.24) is 14.5 Å². The predicted octanol–water partition coefficient (Wildman–Crippen LogP) is 5.17. The van der Waals surface area contributed by atoms with Crippen molar-refractivity contribution in [2.75, 3.05) is 12.3 Å². The number of anilines is 1. The molecule has 6 rings (SSSR count). The molecule has 4 atom stereocenters. The summed E-state index contributed by atoms with van der Waals surface area (Å²) in [6.45, 7) is 1.42. The van der Waals surface area contributed by atoms with E-state index in [1.165, 1.54) is 6.33 Å². The van der Waals surface area contributed by atoms with Crippen molar-refractivity contribution < 1.29 is 18.9 Å². The van der Waals surface area contributed by atoms with Crippen LogP contribution in [-0.4, -0.2) is 39.5 Å². The average molecular weight is 562 g/mol. The fourth-order valence-corrected chi connectivity index (χ4v) is 5.23. The van der Waals surface area contributed by atoms with Gasteiger partial charge >= 0.3 is 0 Å². The second-order valence-corrected chi connectivity index (χ2v) is 10.1.